The molecule has 2 rings (SSSR count). The zero-order valence-corrected chi connectivity index (χ0v) is 10.0. The molecule has 8 heteroatoms. The Morgan fingerprint density at radius 3 is 2.72 bits per heavy atom. The van der Waals surface area contributed by atoms with Crippen LogP contribution in [0.25, 0.3) is 0 Å². The van der Waals surface area contributed by atoms with Gasteiger partial charge in [-0.15, -0.1) is 0 Å². The zero-order chi connectivity index (χ0) is 13.5. The molecule has 1 aliphatic rings. The fraction of sp³-hybridized carbons (Fsp3) is 0.200. The molecular weight excluding hydrogens is 265 g/mol. The summed E-state index contributed by atoms with van der Waals surface area (Å²) in [5.41, 5.74) is -0.152. The van der Waals surface area contributed by atoms with Crippen molar-refractivity contribution in [2.24, 2.45) is 0 Å². The molecule has 0 spiro atoms. The number of methoxy groups -OCH3 is 1. The minimum absolute atomic E-state index is 0.152. The highest BCUT2D eigenvalue weighted by atomic mass is 32.2. The lowest BCUT2D eigenvalue weighted by Crippen LogP contribution is -2.35. The van der Waals surface area contributed by atoms with Gasteiger partial charge in [0.15, 0.2) is 0 Å². The summed E-state index contributed by atoms with van der Waals surface area (Å²) >= 11 is 0. The van der Waals surface area contributed by atoms with E-state index in [9.17, 15) is 22.4 Å². The molecule has 0 N–H and O–H groups in total. The van der Waals surface area contributed by atoms with Gasteiger partial charge in [-0.3, -0.25) is 9.59 Å². The average molecular weight is 273 g/mol. The van der Waals surface area contributed by atoms with Gasteiger partial charge in [0.05, 0.1) is 12.7 Å². The van der Waals surface area contributed by atoms with Gasteiger partial charge in [-0.1, -0.05) is 0 Å². The van der Waals surface area contributed by atoms with Crippen LogP contribution < -0.4 is 0 Å². The molecule has 1 aromatic rings. The molecule has 0 saturated heterocycles. The SMILES string of the molecule is COC(=O)CN1C(=O)c2ccc(F)cc2S1(=O)=O. The number of sulfonamides is 1. The van der Waals surface area contributed by atoms with E-state index < -0.39 is 39.2 Å². The van der Waals surface area contributed by atoms with E-state index >= 15 is 0 Å². The van der Waals surface area contributed by atoms with Crippen LogP contribution in [0.5, 0.6) is 0 Å². The lowest BCUT2D eigenvalue weighted by atomic mass is 10.2. The van der Waals surface area contributed by atoms with E-state index in [1.54, 1.807) is 0 Å². The van der Waals surface area contributed by atoms with Crippen LogP contribution in [0.3, 0.4) is 0 Å². The number of rotatable bonds is 2. The van der Waals surface area contributed by atoms with E-state index in [2.05, 4.69) is 4.74 Å². The highest BCUT2D eigenvalue weighted by molar-refractivity contribution is 7.90. The van der Waals surface area contributed by atoms with Crippen LogP contribution in [0.15, 0.2) is 23.1 Å². The summed E-state index contributed by atoms with van der Waals surface area (Å²) in [5.74, 6) is -2.51. The predicted molar refractivity (Wildman–Crippen MR) is 56.6 cm³/mol. The van der Waals surface area contributed by atoms with Crippen LogP contribution in [-0.2, 0) is 19.6 Å². The minimum atomic E-state index is -4.18. The third-order valence-electron chi connectivity index (χ3n) is 2.47. The molecule has 0 bridgehead atoms. The van der Waals surface area contributed by atoms with Gasteiger partial charge in [0, 0.05) is 0 Å². The summed E-state index contributed by atoms with van der Waals surface area (Å²) in [6, 6.07) is 2.80. The van der Waals surface area contributed by atoms with Gasteiger partial charge in [-0.2, -0.15) is 0 Å². The second-order valence-electron chi connectivity index (χ2n) is 3.53. The van der Waals surface area contributed by atoms with Crippen LogP contribution in [0.4, 0.5) is 4.39 Å². The first-order chi connectivity index (χ1) is 8.37. The maximum absolute atomic E-state index is 13.0. The largest absolute Gasteiger partial charge is 0.468 e. The number of fused-ring (bicyclic) bond motifs is 1. The lowest BCUT2D eigenvalue weighted by molar-refractivity contribution is -0.140. The Balaban J connectivity index is 2.51. The highest BCUT2D eigenvalue weighted by Crippen LogP contribution is 2.30. The topological polar surface area (TPSA) is 80.8 Å². The molecule has 1 heterocycles. The Kier molecular flexibility index (Phi) is 2.81. The summed E-state index contributed by atoms with van der Waals surface area (Å²) in [5, 5.41) is 0. The van der Waals surface area contributed by atoms with Gasteiger partial charge < -0.3 is 4.74 Å². The quantitative estimate of drug-likeness (QED) is 0.716. The minimum Gasteiger partial charge on any atom is -0.468 e. The first-order valence-electron chi connectivity index (χ1n) is 4.81. The third-order valence-corrected chi connectivity index (χ3v) is 4.24. The fourth-order valence-corrected chi connectivity index (χ4v) is 3.11. The van der Waals surface area contributed by atoms with Crippen molar-refractivity contribution in [3.63, 3.8) is 0 Å². The van der Waals surface area contributed by atoms with E-state index in [0.717, 1.165) is 25.3 Å². The Hall–Kier alpha value is -1.96. The van der Waals surface area contributed by atoms with E-state index in [-0.39, 0.29) is 5.56 Å². The molecule has 0 unspecified atom stereocenters. The Labute approximate surface area is 102 Å². The van der Waals surface area contributed by atoms with Gasteiger partial charge in [0.1, 0.15) is 17.3 Å². The lowest BCUT2D eigenvalue weighted by Gasteiger charge is -2.12. The molecule has 0 fully saturated rings. The molecule has 0 aromatic heterocycles. The van der Waals surface area contributed by atoms with Crippen molar-refractivity contribution < 1.29 is 27.1 Å². The first kappa shape index (κ1) is 12.5. The van der Waals surface area contributed by atoms with Gasteiger partial charge in [0.25, 0.3) is 15.9 Å². The number of nitrogens with zero attached hydrogens (tertiary/aromatic N) is 1. The van der Waals surface area contributed by atoms with Gasteiger partial charge in [-0.25, -0.2) is 17.1 Å². The molecule has 0 saturated carbocycles. The van der Waals surface area contributed by atoms with Crippen LogP contribution in [0.2, 0.25) is 0 Å². The Morgan fingerprint density at radius 1 is 1.44 bits per heavy atom. The van der Waals surface area contributed by atoms with Crippen LogP contribution >= 0.6 is 0 Å². The third kappa shape index (κ3) is 1.74. The summed E-state index contributed by atoms with van der Waals surface area (Å²) in [6.45, 7) is -0.728. The van der Waals surface area contributed by atoms with Crippen molar-refractivity contribution in [2.45, 2.75) is 4.90 Å². The summed E-state index contributed by atoms with van der Waals surface area (Å²) < 4.78 is 41.5. The second-order valence-corrected chi connectivity index (χ2v) is 5.36. The number of ether oxygens (including phenoxy) is 1. The van der Waals surface area contributed by atoms with Gasteiger partial charge in [0.2, 0.25) is 0 Å². The van der Waals surface area contributed by atoms with Crippen LogP contribution in [0.1, 0.15) is 10.4 Å². The molecule has 0 atom stereocenters. The smallest absolute Gasteiger partial charge is 0.326 e. The van der Waals surface area contributed by atoms with Crippen molar-refractivity contribution in [3.8, 4) is 0 Å². The molecule has 1 aliphatic heterocycles. The number of esters is 1. The van der Waals surface area contributed by atoms with Crippen molar-refractivity contribution in [1.82, 2.24) is 4.31 Å². The van der Waals surface area contributed by atoms with Crippen LogP contribution in [-0.4, -0.2) is 38.3 Å². The molecule has 6 nitrogen and oxygen atoms in total. The van der Waals surface area contributed by atoms with Gasteiger partial charge >= 0.3 is 5.97 Å². The number of halogens is 1. The zero-order valence-electron chi connectivity index (χ0n) is 9.21. The molecular formula is C10H8FNO5S. The standard InChI is InChI=1S/C10H8FNO5S/c1-17-9(13)5-12-10(14)7-3-2-6(11)4-8(7)18(12,15)16/h2-4H,5H2,1H3. The van der Waals surface area contributed by atoms with E-state index in [1.165, 1.54) is 0 Å². The average Bonchev–Trinajstić information content (AvgIpc) is 2.50. The van der Waals surface area contributed by atoms with Crippen molar-refractivity contribution in [1.29, 1.82) is 0 Å². The number of benzene rings is 1. The second kappa shape index (κ2) is 4.05. The van der Waals surface area contributed by atoms with Crippen molar-refractivity contribution in [2.75, 3.05) is 13.7 Å². The summed E-state index contributed by atoms with van der Waals surface area (Å²) in [4.78, 5) is 22.4. The van der Waals surface area contributed by atoms with E-state index in [0.29, 0.717) is 4.31 Å². The maximum Gasteiger partial charge on any atom is 0.326 e. The number of amides is 1. The molecule has 0 radical (unpaired) electrons. The van der Waals surface area contributed by atoms with E-state index in [4.69, 9.17) is 0 Å². The molecule has 1 aromatic carbocycles. The fourth-order valence-electron chi connectivity index (χ4n) is 1.59. The number of hydrogen-bond donors (Lipinski definition) is 0. The van der Waals surface area contributed by atoms with Crippen molar-refractivity contribution >= 4 is 21.9 Å². The molecule has 18 heavy (non-hydrogen) atoms. The molecule has 1 amide bonds. The first-order valence-corrected chi connectivity index (χ1v) is 6.25. The number of carbonyl (C=O) groups excluding carboxylic acids is 2. The summed E-state index contributed by atoms with van der Waals surface area (Å²) in [7, 11) is -3.11. The highest BCUT2D eigenvalue weighted by Gasteiger charge is 2.42. The van der Waals surface area contributed by atoms with Crippen LogP contribution in [0, 0.1) is 5.82 Å². The maximum atomic E-state index is 13.0. The van der Waals surface area contributed by atoms with Crippen molar-refractivity contribution in [3.05, 3.63) is 29.6 Å². The molecule has 96 valence electrons. The normalized spacial score (nSPS) is 16.6. The number of carbonyl (C=O) groups is 2. The number of hydrogen-bond acceptors (Lipinski definition) is 5. The molecule has 0 aliphatic carbocycles. The summed E-state index contributed by atoms with van der Waals surface area (Å²) in [6.07, 6.45) is 0. The van der Waals surface area contributed by atoms with Gasteiger partial charge in [-0.05, 0) is 18.2 Å². The Morgan fingerprint density at radius 2 is 2.11 bits per heavy atom. The predicted octanol–water partition coefficient (Wildman–Crippen LogP) is 0.143. The Bertz CT molecular complexity index is 640. The van der Waals surface area contributed by atoms with E-state index in [1.807, 2.05) is 0 Å². The monoisotopic (exact) mass is 273 g/mol.